The standard InChI is InChI=1S/C11H14N2O/c1-7-10(14-4)6-5-9-11(7)12-8(2)13(9)3/h5-6H,1-4H3. The van der Waals surface area contributed by atoms with Crippen molar-refractivity contribution in [3.05, 3.63) is 23.5 Å². The summed E-state index contributed by atoms with van der Waals surface area (Å²) in [7, 11) is 3.71. The average Bonchev–Trinajstić information content (AvgIpc) is 2.46. The van der Waals surface area contributed by atoms with E-state index in [0.29, 0.717) is 0 Å². The molecule has 0 saturated carbocycles. The molecule has 0 bridgehead atoms. The number of hydrogen-bond donors (Lipinski definition) is 0. The molecule has 0 spiro atoms. The Balaban J connectivity index is 2.83. The first kappa shape index (κ1) is 9.06. The van der Waals surface area contributed by atoms with E-state index in [1.54, 1.807) is 7.11 Å². The van der Waals surface area contributed by atoms with Crippen LogP contribution in [0.15, 0.2) is 12.1 Å². The number of benzene rings is 1. The number of imidazole rings is 1. The molecule has 1 aromatic heterocycles. The number of aryl methyl sites for hydroxylation is 3. The fourth-order valence-corrected chi connectivity index (χ4v) is 1.71. The molecule has 0 saturated heterocycles. The van der Waals surface area contributed by atoms with E-state index in [9.17, 15) is 0 Å². The smallest absolute Gasteiger partial charge is 0.124 e. The maximum absolute atomic E-state index is 5.25. The van der Waals surface area contributed by atoms with Gasteiger partial charge in [-0.25, -0.2) is 4.98 Å². The van der Waals surface area contributed by atoms with E-state index in [1.165, 1.54) is 0 Å². The second-order valence-corrected chi connectivity index (χ2v) is 3.48. The van der Waals surface area contributed by atoms with Gasteiger partial charge in [-0.05, 0) is 26.0 Å². The fourth-order valence-electron chi connectivity index (χ4n) is 1.71. The first-order valence-corrected chi connectivity index (χ1v) is 4.61. The van der Waals surface area contributed by atoms with Gasteiger partial charge in [0.05, 0.1) is 18.1 Å². The highest BCUT2D eigenvalue weighted by Crippen LogP contribution is 2.26. The van der Waals surface area contributed by atoms with Crippen LogP contribution in [0.5, 0.6) is 5.75 Å². The van der Waals surface area contributed by atoms with Crippen LogP contribution in [0.3, 0.4) is 0 Å². The summed E-state index contributed by atoms with van der Waals surface area (Å²) in [4.78, 5) is 4.50. The van der Waals surface area contributed by atoms with Crippen LogP contribution < -0.4 is 4.74 Å². The molecule has 0 N–H and O–H groups in total. The summed E-state index contributed by atoms with van der Waals surface area (Å²) < 4.78 is 7.34. The minimum Gasteiger partial charge on any atom is -0.496 e. The number of ether oxygens (including phenoxy) is 1. The Labute approximate surface area is 83.3 Å². The van der Waals surface area contributed by atoms with Gasteiger partial charge in [-0.3, -0.25) is 0 Å². The number of methoxy groups -OCH3 is 1. The van der Waals surface area contributed by atoms with E-state index in [2.05, 4.69) is 9.55 Å². The molecule has 74 valence electrons. The number of nitrogens with zero attached hydrogens (tertiary/aromatic N) is 2. The van der Waals surface area contributed by atoms with Crippen molar-refractivity contribution >= 4 is 11.0 Å². The van der Waals surface area contributed by atoms with Crippen LogP contribution in [-0.2, 0) is 7.05 Å². The Morgan fingerprint density at radius 1 is 1.29 bits per heavy atom. The highest BCUT2D eigenvalue weighted by Gasteiger charge is 2.09. The SMILES string of the molecule is COc1ccc2c(nc(C)n2C)c1C. The van der Waals surface area contributed by atoms with Crippen LogP contribution in [-0.4, -0.2) is 16.7 Å². The molecule has 0 aliphatic carbocycles. The van der Waals surface area contributed by atoms with E-state index in [0.717, 1.165) is 28.2 Å². The van der Waals surface area contributed by atoms with Crippen LogP contribution in [0.2, 0.25) is 0 Å². The van der Waals surface area contributed by atoms with Crippen LogP contribution in [0, 0.1) is 13.8 Å². The largest absolute Gasteiger partial charge is 0.496 e. The second kappa shape index (κ2) is 3.01. The Morgan fingerprint density at radius 2 is 2.00 bits per heavy atom. The topological polar surface area (TPSA) is 27.1 Å². The summed E-state index contributed by atoms with van der Waals surface area (Å²) in [6.07, 6.45) is 0. The first-order chi connectivity index (χ1) is 6.65. The maximum Gasteiger partial charge on any atom is 0.124 e. The molecular weight excluding hydrogens is 176 g/mol. The predicted molar refractivity (Wildman–Crippen MR) is 56.7 cm³/mol. The molecule has 1 heterocycles. The molecular formula is C11H14N2O. The van der Waals surface area contributed by atoms with Crippen LogP contribution in [0.25, 0.3) is 11.0 Å². The summed E-state index contributed by atoms with van der Waals surface area (Å²) in [5, 5.41) is 0. The number of rotatable bonds is 1. The third kappa shape index (κ3) is 1.09. The molecule has 3 heteroatoms. The fraction of sp³-hybridized carbons (Fsp3) is 0.364. The van der Waals surface area contributed by atoms with Crippen molar-refractivity contribution < 1.29 is 4.74 Å². The van der Waals surface area contributed by atoms with Crippen molar-refractivity contribution in [2.45, 2.75) is 13.8 Å². The Hall–Kier alpha value is -1.51. The Morgan fingerprint density at radius 3 is 2.64 bits per heavy atom. The monoisotopic (exact) mass is 190 g/mol. The van der Waals surface area contributed by atoms with E-state index in [1.807, 2.05) is 33.0 Å². The lowest BCUT2D eigenvalue weighted by Crippen LogP contribution is -1.91. The predicted octanol–water partition coefficient (Wildman–Crippen LogP) is 2.20. The van der Waals surface area contributed by atoms with Gasteiger partial charge in [-0.2, -0.15) is 0 Å². The Bertz CT molecular complexity index is 485. The lowest BCUT2D eigenvalue weighted by molar-refractivity contribution is 0.412. The van der Waals surface area contributed by atoms with Gasteiger partial charge in [0.15, 0.2) is 0 Å². The van der Waals surface area contributed by atoms with E-state index in [4.69, 9.17) is 4.74 Å². The highest BCUT2D eigenvalue weighted by atomic mass is 16.5. The maximum atomic E-state index is 5.25. The Kier molecular flexibility index (Phi) is 1.95. The van der Waals surface area contributed by atoms with Gasteiger partial charge in [0, 0.05) is 12.6 Å². The van der Waals surface area contributed by atoms with Crippen molar-refractivity contribution in [3.8, 4) is 5.75 Å². The summed E-state index contributed by atoms with van der Waals surface area (Å²) in [6, 6.07) is 4.03. The van der Waals surface area contributed by atoms with Gasteiger partial charge in [-0.15, -0.1) is 0 Å². The third-order valence-electron chi connectivity index (χ3n) is 2.70. The summed E-state index contributed by atoms with van der Waals surface area (Å²) in [6.45, 7) is 4.04. The van der Waals surface area contributed by atoms with E-state index < -0.39 is 0 Å². The second-order valence-electron chi connectivity index (χ2n) is 3.48. The van der Waals surface area contributed by atoms with Crippen LogP contribution in [0.4, 0.5) is 0 Å². The molecule has 3 nitrogen and oxygen atoms in total. The van der Waals surface area contributed by atoms with Crippen molar-refractivity contribution in [1.82, 2.24) is 9.55 Å². The molecule has 2 rings (SSSR count). The van der Waals surface area contributed by atoms with Gasteiger partial charge in [0.1, 0.15) is 11.6 Å². The molecule has 0 aliphatic heterocycles. The lowest BCUT2D eigenvalue weighted by Gasteiger charge is -2.04. The molecule has 0 atom stereocenters. The van der Waals surface area contributed by atoms with Crippen molar-refractivity contribution in [2.24, 2.45) is 7.05 Å². The van der Waals surface area contributed by atoms with Crippen molar-refractivity contribution in [2.75, 3.05) is 7.11 Å². The van der Waals surface area contributed by atoms with Gasteiger partial charge < -0.3 is 9.30 Å². The minimum atomic E-state index is 0.899. The van der Waals surface area contributed by atoms with Gasteiger partial charge in [0.2, 0.25) is 0 Å². The van der Waals surface area contributed by atoms with Gasteiger partial charge in [0.25, 0.3) is 0 Å². The van der Waals surface area contributed by atoms with Crippen molar-refractivity contribution in [3.63, 3.8) is 0 Å². The third-order valence-corrected chi connectivity index (χ3v) is 2.70. The van der Waals surface area contributed by atoms with Crippen molar-refractivity contribution in [1.29, 1.82) is 0 Å². The summed E-state index contributed by atoms with van der Waals surface area (Å²) in [5.41, 5.74) is 3.29. The van der Waals surface area contributed by atoms with Gasteiger partial charge in [-0.1, -0.05) is 0 Å². The molecule has 0 unspecified atom stereocenters. The minimum absolute atomic E-state index is 0.899. The normalized spacial score (nSPS) is 10.9. The number of hydrogen-bond acceptors (Lipinski definition) is 2. The highest BCUT2D eigenvalue weighted by molar-refractivity contribution is 5.81. The zero-order chi connectivity index (χ0) is 10.3. The number of fused-ring (bicyclic) bond motifs is 1. The summed E-state index contributed by atoms with van der Waals surface area (Å²) in [5.74, 6) is 1.92. The molecule has 2 aromatic rings. The van der Waals surface area contributed by atoms with E-state index in [-0.39, 0.29) is 0 Å². The van der Waals surface area contributed by atoms with Crippen LogP contribution >= 0.6 is 0 Å². The first-order valence-electron chi connectivity index (χ1n) is 4.61. The molecule has 0 aliphatic rings. The average molecular weight is 190 g/mol. The quantitative estimate of drug-likeness (QED) is 0.689. The molecule has 0 amide bonds. The van der Waals surface area contributed by atoms with Gasteiger partial charge >= 0.3 is 0 Å². The zero-order valence-corrected chi connectivity index (χ0v) is 8.96. The molecule has 1 aromatic carbocycles. The van der Waals surface area contributed by atoms with E-state index >= 15 is 0 Å². The zero-order valence-electron chi connectivity index (χ0n) is 8.96. The molecule has 0 fully saturated rings. The molecule has 14 heavy (non-hydrogen) atoms. The van der Waals surface area contributed by atoms with Crippen LogP contribution in [0.1, 0.15) is 11.4 Å². The molecule has 0 radical (unpaired) electrons. The lowest BCUT2D eigenvalue weighted by atomic mass is 10.2. The number of aromatic nitrogens is 2. The summed E-state index contributed by atoms with van der Waals surface area (Å²) >= 11 is 0.